The van der Waals surface area contributed by atoms with Crippen molar-refractivity contribution in [3.63, 3.8) is 0 Å². The van der Waals surface area contributed by atoms with E-state index in [9.17, 15) is 4.79 Å². The highest BCUT2D eigenvalue weighted by Gasteiger charge is 2.05. The van der Waals surface area contributed by atoms with E-state index in [1.165, 1.54) is 7.11 Å². The highest BCUT2D eigenvalue weighted by molar-refractivity contribution is 6.31. The van der Waals surface area contributed by atoms with Gasteiger partial charge in [0.2, 0.25) is 0 Å². The van der Waals surface area contributed by atoms with Gasteiger partial charge in [-0.15, -0.1) is 11.6 Å². The van der Waals surface area contributed by atoms with Crippen LogP contribution in [0.2, 0.25) is 0 Å². The molecule has 0 atom stereocenters. The lowest BCUT2D eigenvalue weighted by Gasteiger charge is -1.98. The number of halogens is 2. The molecule has 0 amide bonds. The molecule has 4 heteroatoms. The Bertz CT molecular complexity index is 502. The SMILES string of the molecule is COC(=O)/C(=C/C=C(Cl)/C=C/c1ccccc1)CCl. The fourth-order valence-electron chi connectivity index (χ4n) is 1.27. The Balaban J connectivity index is 2.74. The summed E-state index contributed by atoms with van der Waals surface area (Å²) in [7, 11) is 1.31. The first-order chi connectivity index (χ1) is 9.17. The maximum absolute atomic E-state index is 11.3. The number of methoxy groups -OCH3 is 1. The van der Waals surface area contributed by atoms with Gasteiger partial charge in [0.25, 0.3) is 0 Å². The van der Waals surface area contributed by atoms with Gasteiger partial charge in [0.15, 0.2) is 0 Å². The van der Waals surface area contributed by atoms with Crippen LogP contribution >= 0.6 is 23.2 Å². The van der Waals surface area contributed by atoms with Crippen molar-refractivity contribution in [3.8, 4) is 0 Å². The van der Waals surface area contributed by atoms with Crippen LogP contribution in [0.4, 0.5) is 0 Å². The molecule has 0 N–H and O–H groups in total. The van der Waals surface area contributed by atoms with Crippen LogP contribution in [0.3, 0.4) is 0 Å². The lowest BCUT2D eigenvalue weighted by atomic mass is 10.2. The van der Waals surface area contributed by atoms with E-state index in [1.807, 2.05) is 36.4 Å². The van der Waals surface area contributed by atoms with Crippen molar-refractivity contribution in [2.75, 3.05) is 13.0 Å². The summed E-state index contributed by atoms with van der Waals surface area (Å²) in [5.74, 6) is -0.377. The largest absolute Gasteiger partial charge is 0.466 e. The van der Waals surface area contributed by atoms with Gasteiger partial charge in [-0.05, 0) is 23.8 Å². The summed E-state index contributed by atoms with van der Waals surface area (Å²) in [5, 5.41) is 0.496. The van der Waals surface area contributed by atoms with Crippen molar-refractivity contribution in [1.29, 1.82) is 0 Å². The number of esters is 1. The van der Waals surface area contributed by atoms with E-state index in [2.05, 4.69) is 4.74 Å². The predicted molar refractivity (Wildman–Crippen MR) is 80.2 cm³/mol. The number of rotatable bonds is 5. The lowest BCUT2D eigenvalue weighted by molar-refractivity contribution is -0.135. The first-order valence-electron chi connectivity index (χ1n) is 5.61. The summed E-state index contributed by atoms with van der Waals surface area (Å²) < 4.78 is 4.58. The van der Waals surface area contributed by atoms with Crippen LogP contribution in [-0.4, -0.2) is 19.0 Å². The summed E-state index contributed by atoms with van der Waals surface area (Å²) in [6.07, 6.45) is 6.79. The van der Waals surface area contributed by atoms with E-state index in [0.29, 0.717) is 10.6 Å². The molecule has 2 nitrogen and oxygen atoms in total. The van der Waals surface area contributed by atoms with Gasteiger partial charge >= 0.3 is 5.97 Å². The Hall–Kier alpha value is -1.51. The molecule has 0 aliphatic heterocycles. The molecule has 0 bridgehead atoms. The number of hydrogen-bond donors (Lipinski definition) is 0. The molecule has 100 valence electrons. The molecule has 0 radical (unpaired) electrons. The topological polar surface area (TPSA) is 26.3 Å². The average molecular weight is 297 g/mol. The van der Waals surface area contributed by atoms with Crippen LogP contribution in [0.5, 0.6) is 0 Å². The van der Waals surface area contributed by atoms with Gasteiger partial charge in [0.1, 0.15) is 0 Å². The smallest absolute Gasteiger partial charge is 0.334 e. The molecule has 0 fully saturated rings. The Kier molecular flexibility index (Phi) is 7.01. The van der Waals surface area contributed by atoms with Crippen molar-refractivity contribution < 1.29 is 9.53 Å². The summed E-state index contributed by atoms with van der Waals surface area (Å²) in [5.41, 5.74) is 1.40. The number of benzene rings is 1. The second kappa shape index (κ2) is 8.57. The second-order valence-corrected chi connectivity index (χ2v) is 4.32. The quantitative estimate of drug-likeness (QED) is 0.353. The van der Waals surface area contributed by atoms with Crippen LogP contribution in [-0.2, 0) is 9.53 Å². The van der Waals surface area contributed by atoms with Crippen LogP contribution < -0.4 is 0 Å². The van der Waals surface area contributed by atoms with Crippen LogP contribution in [0.1, 0.15) is 5.56 Å². The Labute approximate surface area is 123 Å². The highest BCUT2D eigenvalue weighted by Crippen LogP contribution is 2.10. The van der Waals surface area contributed by atoms with Gasteiger partial charge in [-0.2, -0.15) is 0 Å². The van der Waals surface area contributed by atoms with E-state index in [0.717, 1.165) is 5.56 Å². The van der Waals surface area contributed by atoms with Crippen LogP contribution in [0, 0.1) is 0 Å². The Morgan fingerprint density at radius 3 is 2.53 bits per heavy atom. The van der Waals surface area contributed by atoms with Crippen LogP contribution in [0.15, 0.2) is 59.2 Å². The molecule has 0 saturated heterocycles. The van der Waals surface area contributed by atoms with Crippen molar-refractivity contribution in [2.24, 2.45) is 0 Å². The molecule has 0 saturated carbocycles. The van der Waals surface area contributed by atoms with E-state index in [1.54, 1.807) is 18.2 Å². The molecule has 1 rings (SSSR count). The van der Waals surface area contributed by atoms with Gasteiger partial charge in [-0.1, -0.05) is 48.0 Å². The van der Waals surface area contributed by atoms with Gasteiger partial charge < -0.3 is 4.74 Å². The maximum atomic E-state index is 11.3. The summed E-state index contributed by atoms with van der Waals surface area (Å²) >= 11 is 11.7. The molecule has 0 heterocycles. The Morgan fingerprint density at radius 1 is 1.26 bits per heavy atom. The zero-order valence-corrected chi connectivity index (χ0v) is 12.0. The van der Waals surface area contributed by atoms with Gasteiger partial charge in [-0.3, -0.25) is 0 Å². The van der Waals surface area contributed by atoms with E-state index in [-0.39, 0.29) is 5.88 Å². The number of carbonyl (C=O) groups excluding carboxylic acids is 1. The molecule has 0 unspecified atom stereocenters. The number of allylic oxidation sites excluding steroid dienone is 4. The zero-order valence-electron chi connectivity index (χ0n) is 10.5. The van der Waals surface area contributed by atoms with Gasteiger partial charge in [-0.25, -0.2) is 4.79 Å². The standard InChI is InChI=1S/C15H14Cl2O2/c1-19-15(18)13(11-16)8-10-14(17)9-7-12-5-3-2-4-6-12/h2-10H,11H2,1H3/b9-7+,13-8+,14-10-. The van der Waals surface area contributed by atoms with E-state index >= 15 is 0 Å². The molecule has 1 aromatic carbocycles. The third-order valence-corrected chi connectivity index (χ3v) is 2.81. The van der Waals surface area contributed by atoms with Crippen molar-refractivity contribution in [2.45, 2.75) is 0 Å². The molecule has 0 aliphatic rings. The molecule has 0 spiro atoms. The average Bonchev–Trinajstić information content (AvgIpc) is 2.46. The number of ether oxygens (including phenoxy) is 1. The third kappa shape index (κ3) is 5.77. The first kappa shape index (κ1) is 15.5. The minimum atomic E-state index is -0.456. The van der Waals surface area contributed by atoms with Crippen molar-refractivity contribution >= 4 is 35.2 Å². The van der Waals surface area contributed by atoms with E-state index < -0.39 is 5.97 Å². The number of carbonyl (C=O) groups is 1. The Morgan fingerprint density at radius 2 is 1.95 bits per heavy atom. The van der Waals surface area contributed by atoms with E-state index in [4.69, 9.17) is 23.2 Å². The molecular weight excluding hydrogens is 283 g/mol. The summed E-state index contributed by atoms with van der Waals surface area (Å²) in [6.45, 7) is 0. The first-order valence-corrected chi connectivity index (χ1v) is 6.52. The number of hydrogen-bond acceptors (Lipinski definition) is 2. The molecule has 19 heavy (non-hydrogen) atoms. The van der Waals surface area contributed by atoms with Gasteiger partial charge in [0, 0.05) is 5.03 Å². The zero-order chi connectivity index (χ0) is 14.1. The summed E-state index contributed by atoms with van der Waals surface area (Å²) in [6, 6.07) is 9.77. The lowest BCUT2D eigenvalue weighted by Crippen LogP contribution is -2.05. The van der Waals surface area contributed by atoms with Crippen molar-refractivity contribution in [3.05, 3.63) is 64.7 Å². The predicted octanol–water partition coefficient (Wildman–Crippen LogP) is 4.16. The fourth-order valence-corrected chi connectivity index (χ4v) is 1.60. The van der Waals surface area contributed by atoms with Crippen molar-refractivity contribution in [1.82, 2.24) is 0 Å². The fraction of sp³-hybridized carbons (Fsp3) is 0.133. The second-order valence-electron chi connectivity index (χ2n) is 3.61. The maximum Gasteiger partial charge on any atom is 0.334 e. The molecular formula is C15H14Cl2O2. The third-order valence-electron chi connectivity index (χ3n) is 2.27. The molecule has 1 aromatic rings. The minimum Gasteiger partial charge on any atom is -0.466 e. The normalized spacial score (nSPS) is 12.8. The van der Waals surface area contributed by atoms with Crippen LogP contribution in [0.25, 0.3) is 6.08 Å². The van der Waals surface area contributed by atoms with Gasteiger partial charge in [0.05, 0.1) is 18.6 Å². The molecule has 0 aliphatic carbocycles. The minimum absolute atomic E-state index is 0.0791. The molecule has 0 aromatic heterocycles. The summed E-state index contributed by atoms with van der Waals surface area (Å²) in [4.78, 5) is 11.3. The highest BCUT2D eigenvalue weighted by atomic mass is 35.5. The monoisotopic (exact) mass is 296 g/mol. The number of alkyl halides is 1.